The molecule has 0 saturated heterocycles. The van der Waals surface area contributed by atoms with E-state index in [9.17, 15) is 18.0 Å². The molecule has 0 saturated carbocycles. The van der Waals surface area contributed by atoms with E-state index >= 15 is 0 Å². The molecule has 0 aromatic heterocycles. The van der Waals surface area contributed by atoms with Gasteiger partial charge in [-0.2, -0.15) is 17.4 Å². The minimum absolute atomic E-state index is 0.253. The topological polar surface area (TPSA) is 124 Å². The average molecular weight is 296 g/mol. The molecule has 0 aliphatic heterocycles. The van der Waals surface area contributed by atoms with Gasteiger partial charge in [0.25, 0.3) is 10.2 Å². The fourth-order valence-corrected chi connectivity index (χ4v) is 3.00. The zero-order valence-corrected chi connectivity index (χ0v) is 11.8. The summed E-state index contributed by atoms with van der Waals surface area (Å²) in [5.41, 5.74) is 0. The van der Waals surface area contributed by atoms with Gasteiger partial charge in [-0.05, 0) is 12.8 Å². The molecule has 8 nitrogen and oxygen atoms in total. The molecule has 0 radical (unpaired) electrons. The van der Waals surface area contributed by atoms with E-state index in [2.05, 4.69) is 0 Å². The van der Waals surface area contributed by atoms with Crippen LogP contribution in [0.2, 0.25) is 0 Å². The highest BCUT2D eigenvalue weighted by atomic mass is 32.2. The molecule has 1 atom stereocenters. The zero-order chi connectivity index (χ0) is 15.1. The molecule has 0 aliphatic rings. The summed E-state index contributed by atoms with van der Waals surface area (Å²) in [5, 5.41) is 17.4. The Morgan fingerprint density at radius 3 is 1.95 bits per heavy atom. The first-order valence-corrected chi connectivity index (χ1v) is 7.40. The molecule has 0 aromatic rings. The van der Waals surface area contributed by atoms with Gasteiger partial charge < -0.3 is 10.2 Å². The number of nitrogens with one attached hydrogen (secondary N) is 1. The van der Waals surface area contributed by atoms with Crippen LogP contribution < -0.4 is 4.72 Å². The van der Waals surface area contributed by atoms with Crippen LogP contribution in [-0.4, -0.2) is 54.0 Å². The van der Waals surface area contributed by atoms with Crippen LogP contribution in [0.1, 0.15) is 33.1 Å². The fraction of sp³-hybridized carbons (Fsp3) is 0.800. The van der Waals surface area contributed by atoms with E-state index in [1.807, 2.05) is 4.72 Å². The minimum atomic E-state index is -4.00. The Balaban J connectivity index is 4.95. The van der Waals surface area contributed by atoms with Crippen molar-refractivity contribution in [2.45, 2.75) is 39.2 Å². The third-order valence-corrected chi connectivity index (χ3v) is 3.88. The third-order valence-electron chi connectivity index (χ3n) is 2.25. The normalized spacial score (nSPS) is 13.4. The SMILES string of the molecule is CCCN(CCC)S(=O)(=O)NC(CC(=O)O)C(=O)O. The molecule has 0 aliphatic carbocycles. The van der Waals surface area contributed by atoms with Crippen molar-refractivity contribution in [3.05, 3.63) is 0 Å². The van der Waals surface area contributed by atoms with Crippen molar-refractivity contribution in [1.29, 1.82) is 0 Å². The summed E-state index contributed by atoms with van der Waals surface area (Å²) in [5.74, 6) is -2.90. The lowest BCUT2D eigenvalue weighted by Gasteiger charge is -2.23. The van der Waals surface area contributed by atoms with Crippen molar-refractivity contribution in [2.24, 2.45) is 0 Å². The first kappa shape index (κ1) is 17.8. The van der Waals surface area contributed by atoms with Crippen LogP contribution in [0.3, 0.4) is 0 Å². The minimum Gasteiger partial charge on any atom is -0.481 e. The van der Waals surface area contributed by atoms with Crippen LogP contribution in [0.15, 0.2) is 0 Å². The molecule has 0 rings (SSSR count). The summed E-state index contributed by atoms with van der Waals surface area (Å²) in [6, 6.07) is -1.67. The lowest BCUT2D eigenvalue weighted by Crippen LogP contribution is -2.49. The summed E-state index contributed by atoms with van der Waals surface area (Å²) in [6.07, 6.45) is 0.357. The number of hydrogen-bond acceptors (Lipinski definition) is 4. The van der Waals surface area contributed by atoms with Crippen LogP contribution in [0, 0.1) is 0 Å². The van der Waals surface area contributed by atoms with Gasteiger partial charge in [-0.1, -0.05) is 13.8 Å². The van der Waals surface area contributed by atoms with Gasteiger partial charge in [-0.15, -0.1) is 0 Å². The van der Waals surface area contributed by atoms with Crippen molar-refractivity contribution < 1.29 is 28.2 Å². The summed E-state index contributed by atoms with van der Waals surface area (Å²) in [7, 11) is -4.00. The predicted octanol–water partition coefficient (Wildman–Crippen LogP) is -0.129. The molecule has 0 spiro atoms. The Morgan fingerprint density at radius 2 is 1.63 bits per heavy atom. The number of hydrogen-bond donors (Lipinski definition) is 3. The number of carbonyl (C=O) groups is 2. The van der Waals surface area contributed by atoms with Gasteiger partial charge in [0.2, 0.25) is 0 Å². The molecule has 9 heteroatoms. The van der Waals surface area contributed by atoms with Gasteiger partial charge in [0, 0.05) is 13.1 Å². The number of carboxylic acids is 2. The van der Waals surface area contributed by atoms with E-state index in [1.54, 1.807) is 13.8 Å². The lowest BCUT2D eigenvalue weighted by molar-refractivity contribution is -0.145. The molecule has 0 bridgehead atoms. The van der Waals surface area contributed by atoms with E-state index in [4.69, 9.17) is 10.2 Å². The van der Waals surface area contributed by atoms with E-state index in [0.717, 1.165) is 4.31 Å². The first-order valence-electron chi connectivity index (χ1n) is 5.96. The van der Waals surface area contributed by atoms with Crippen molar-refractivity contribution >= 4 is 22.1 Å². The van der Waals surface area contributed by atoms with Gasteiger partial charge in [-0.25, -0.2) is 0 Å². The highest BCUT2D eigenvalue weighted by molar-refractivity contribution is 7.87. The molecular formula is C10H20N2O6S. The maximum atomic E-state index is 12.0. The second-order valence-electron chi connectivity index (χ2n) is 4.01. The maximum absolute atomic E-state index is 12.0. The lowest BCUT2D eigenvalue weighted by atomic mass is 10.2. The van der Waals surface area contributed by atoms with Crippen LogP contribution in [0.4, 0.5) is 0 Å². The monoisotopic (exact) mass is 296 g/mol. The summed E-state index contributed by atoms with van der Waals surface area (Å²) in [6.45, 7) is 4.10. The van der Waals surface area contributed by atoms with Gasteiger partial charge in [0.1, 0.15) is 6.04 Å². The molecule has 112 valence electrons. The summed E-state index contributed by atoms with van der Waals surface area (Å²) in [4.78, 5) is 21.4. The molecule has 0 heterocycles. The highest BCUT2D eigenvalue weighted by Crippen LogP contribution is 2.05. The second-order valence-corrected chi connectivity index (χ2v) is 5.71. The molecule has 0 fully saturated rings. The number of aliphatic carboxylic acids is 2. The van der Waals surface area contributed by atoms with Gasteiger partial charge in [-0.3, -0.25) is 9.59 Å². The molecule has 0 amide bonds. The zero-order valence-electron chi connectivity index (χ0n) is 11.0. The average Bonchev–Trinajstić information content (AvgIpc) is 2.26. The van der Waals surface area contributed by atoms with Crippen molar-refractivity contribution in [3.63, 3.8) is 0 Å². The Bertz CT molecular complexity index is 402. The summed E-state index contributed by atoms with van der Waals surface area (Å²) >= 11 is 0. The van der Waals surface area contributed by atoms with Gasteiger partial charge in [0.05, 0.1) is 6.42 Å². The van der Waals surface area contributed by atoms with Crippen LogP contribution in [-0.2, 0) is 19.8 Å². The first-order chi connectivity index (χ1) is 8.74. The van der Waals surface area contributed by atoms with Crippen LogP contribution >= 0.6 is 0 Å². The van der Waals surface area contributed by atoms with E-state index in [1.165, 1.54) is 0 Å². The smallest absolute Gasteiger partial charge is 0.322 e. The van der Waals surface area contributed by atoms with Crippen molar-refractivity contribution in [3.8, 4) is 0 Å². The number of rotatable bonds is 10. The Hall–Kier alpha value is -1.19. The second kappa shape index (κ2) is 8.08. The predicted molar refractivity (Wildman–Crippen MR) is 67.9 cm³/mol. The number of carboxylic acid groups (broad SMARTS) is 2. The van der Waals surface area contributed by atoms with E-state index < -0.39 is 34.6 Å². The quantitative estimate of drug-likeness (QED) is 0.516. The van der Waals surface area contributed by atoms with Gasteiger partial charge in [0.15, 0.2) is 0 Å². The third kappa shape index (κ3) is 6.50. The summed E-state index contributed by atoms with van der Waals surface area (Å²) < 4.78 is 27.0. The number of nitrogens with zero attached hydrogens (tertiary/aromatic N) is 1. The molecule has 19 heavy (non-hydrogen) atoms. The Morgan fingerprint density at radius 1 is 1.16 bits per heavy atom. The standard InChI is InChI=1S/C10H20N2O6S/c1-3-5-12(6-4-2)19(17,18)11-8(10(15)16)7-9(13)14/h8,11H,3-7H2,1-2H3,(H,13,14)(H,15,16). The van der Waals surface area contributed by atoms with Crippen molar-refractivity contribution in [1.82, 2.24) is 9.03 Å². The fourth-order valence-electron chi connectivity index (χ4n) is 1.46. The van der Waals surface area contributed by atoms with Crippen molar-refractivity contribution in [2.75, 3.05) is 13.1 Å². The Labute approximate surface area is 112 Å². The molecule has 0 aromatic carbocycles. The molecule has 3 N–H and O–H groups in total. The van der Waals surface area contributed by atoms with Crippen LogP contribution in [0.5, 0.6) is 0 Å². The van der Waals surface area contributed by atoms with Crippen LogP contribution in [0.25, 0.3) is 0 Å². The van der Waals surface area contributed by atoms with E-state index in [0.29, 0.717) is 12.8 Å². The maximum Gasteiger partial charge on any atom is 0.322 e. The molecular weight excluding hydrogens is 276 g/mol. The van der Waals surface area contributed by atoms with E-state index in [-0.39, 0.29) is 13.1 Å². The van der Waals surface area contributed by atoms with Gasteiger partial charge >= 0.3 is 11.9 Å². The Kier molecular flexibility index (Phi) is 7.57. The largest absolute Gasteiger partial charge is 0.481 e. The highest BCUT2D eigenvalue weighted by Gasteiger charge is 2.29. The molecule has 1 unspecified atom stereocenters.